The molecule has 2 aromatic rings. The van der Waals surface area contributed by atoms with Gasteiger partial charge in [-0.3, -0.25) is 0 Å². The maximum atomic E-state index is 11.6. The van der Waals surface area contributed by atoms with Crippen LogP contribution in [0.4, 0.5) is 0 Å². The zero-order chi connectivity index (χ0) is 14.5. The summed E-state index contributed by atoms with van der Waals surface area (Å²) in [5, 5.41) is 8.99. The second-order valence-corrected chi connectivity index (χ2v) is 7.32. The van der Waals surface area contributed by atoms with Gasteiger partial charge in [0.05, 0.1) is 34.1 Å². The standard InChI is InChI=1S/C13H14N2O4S/c1-8-14-11-6-9(13(16)17)2-3-12(11)15(8)10-4-5-20(18,19)7-10/h2-3,6,10H,4-5,7H2,1H3,(H,16,17). The SMILES string of the molecule is Cc1nc2cc(C(=O)O)ccc2n1C1CCS(=O)(=O)C1. The number of hydrogen-bond acceptors (Lipinski definition) is 4. The second-order valence-electron chi connectivity index (χ2n) is 5.09. The van der Waals surface area contributed by atoms with Gasteiger partial charge in [0.25, 0.3) is 0 Å². The largest absolute Gasteiger partial charge is 0.478 e. The number of carboxylic acids is 1. The second kappa shape index (κ2) is 4.31. The van der Waals surface area contributed by atoms with Crippen LogP contribution in [0.1, 0.15) is 28.6 Å². The molecule has 0 radical (unpaired) electrons. The molecule has 1 aliphatic heterocycles. The van der Waals surface area contributed by atoms with E-state index in [-0.39, 0.29) is 23.1 Å². The molecule has 6 nitrogen and oxygen atoms in total. The molecule has 0 saturated carbocycles. The lowest BCUT2D eigenvalue weighted by atomic mass is 10.2. The van der Waals surface area contributed by atoms with Gasteiger partial charge < -0.3 is 9.67 Å². The first kappa shape index (κ1) is 13.1. The molecule has 1 aliphatic rings. The Hall–Kier alpha value is -1.89. The van der Waals surface area contributed by atoms with Crippen molar-refractivity contribution >= 4 is 26.8 Å². The van der Waals surface area contributed by atoms with E-state index in [2.05, 4.69) is 4.98 Å². The average Bonchev–Trinajstić information content (AvgIpc) is 2.86. The van der Waals surface area contributed by atoms with Crippen molar-refractivity contribution in [1.29, 1.82) is 0 Å². The highest BCUT2D eigenvalue weighted by atomic mass is 32.2. The molecule has 0 spiro atoms. The fraction of sp³-hybridized carbons (Fsp3) is 0.385. The Morgan fingerprint density at radius 2 is 2.20 bits per heavy atom. The van der Waals surface area contributed by atoms with Gasteiger partial charge in [-0.2, -0.15) is 0 Å². The molecule has 1 fully saturated rings. The smallest absolute Gasteiger partial charge is 0.335 e. The summed E-state index contributed by atoms with van der Waals surface area (Å²) in [4.78, 5) is 15.3. The number of nitrogens with zero attached hydrogens (tertiary/aromatic N) is 2. The molecule has 1 N–H and O–H groups in total. The molecule has 1 aromatic heterocycles. The Bertz CT molecular complexity index is 807. The number of aromatic carboxylic acids is 1. The van der Waals surface area contributed by atoms with Crippen LogP contribution in [0.3, 0.4) is 0 Å². The van der Waals surface area contributed by atoms with Gasteiger partial charge in [0, 0.05) is 0 Å². The van der Waals surface area contributed by atoms with Crippen molar-refractivity contribution in [3.05, 3.63) is 29.6 Å². The summed E-state index contributed by atoms with van der Waals surface area (Å²) in [7, 11) is -2.97. The summed E-state index contributed by atoms with van der Waals surface area (Å²) in [5.74, 6) is 0.0384. The van der Waals surface area contributed by atoms with E-state index in [0.29, 0.717) is 17.8 Å². The number of benzene rings is 1. The van der Waals surface area contributed by atoms with E-state index < -0.39 is 15.8 Å². The van der Waals surface area contributed by atoms with Gasteiger partial charge in [-0.05, 0) is 31.5 Å². The topological polar surface area (TPSA) is 89.3 Å². The lowest BCUT2D eigenvalue weighted by Crippen LogP contribution is -2.12. The van der Waals surface area contributed by atoms with Gasteiger partial charge in [0.2, 0.25) is 0 Å². The molecule has 1 unspecified atom stereocenters. The molecule has 3 rings (SSSR count). The van der Waals surface area contributed by atoms with E-state index in [1.165, 1.54) is 12.1 Å². The van der Waals surface area contributed by atoms with Crippen LogP contribution in [0.15, 0.2) is 18.2 Å². The highest BCUT2D eigenvalue weighted by molar-refractivity contribution is 7.91. The predicted octanol–water partition coefficient (Wildman–Crippen LogP) is 1.40. The summed E-state index contributed by atoms with van der Waals surface area (Å²) < 4.78 is 25.1. The van der Waals surface area contributed by atoms with E-state index in [4.69, 9.17) is 5.11 Å². The van der Waals surface area contributed by atoms with Gasteiger partial charge in [0.15, 0.2) is 9.84 Å². The number of sulfone groups is 1. The number of aryl methyl sites for hydroxylation is 1. The number of aromatic nitrogens is 2. The molecule has 7 heteroatoms. The fourth-order valence-electron chi connectivity index (χ4n) is 2.79. The van der Waals surface area contributed by atoms with Crippen LogP contribution < -0.4 is 0 Å². The van der Waals surface area contributed by atoms with E-state index in [9.17, 15) is 13.2 Å². The Kier molecular flexibility index (Phi) is 2.82. The molecule has 1 atom stereocenters. The predicted molar refractivity (Wildman–Crippen MR) is 73.7 cm³/mol. The Balaban J connectivity index is 2.12. The van der Waals surface area contributed by atoms with Crippen LogP contribution in [-0.2, 0) is 9.84 Å². The Morgan fingerprint density at radius 1 is 1.45 bits per heavy atom. The molecule has 0 aliphatic carbocycles. The van der Waals surface area contributed by atoms with Crippen LogP contribution in [0, 0.1) is 6.92 Å². The number of imidazole rings is 1. The zero-order valence-electron chi connectivity index (χ0n) is 10.9. The van der Waals surface area contributed by atoms with Crippen molar-refractivity contribution in [3.8, 4) is 0 Å². The third kappa shape index (κ3) is 2.07. The van der Waals surface area contributed by atoms with Gasteiger partial charge >= 0.3 is 5.97 Å². The minimum atomic E-state index is -2.97. The highest BCUT2D eigenvalue weighted by Gasteiger charge is 2.31. The van der Waals surface area contributed by atoms with Crippen LogP contribution >= 0.6 is 0 Å². The average molecular weight is 294 g/mol. The fourth-order valence-corrected chi connectivity index (χ4v) is 4.49. The maximum Gasteiger partial charge on any atom is 0.335 e. The monoisotopic (exact) mass is 294 g/mol. The number of rotatable bonds is 2. The lowest BCUT2D eigenvalue weighted by Gasteiger charge is -2.13. The first-order valence-electron chi connectivity index (χ1n) is 6.30. The van der Waals surface area contributed by atoms with E-state index in [1.54, 1.807) is 6.07 Å². The first-order chi connectivity index (χ1) is 9.37. The Labute approximate surface area is 116 Å². The summed E-state index contributed by atoms with van der Waals surface area (Å²) in [6.07, 6.45) is 0.579. The summed E-state index contributed by atoms with van der Waals surface area (Å²) in [6.45, 7) is 1.81. The van der Waals surface area contributed by atoms with E-state index >= 15 is 0 Å². The number of hydrogen-bond donors (Lipinski definition) is 1. The number of fused-ring (bicyclic) bond motifs is 1. The molecule has 0 bridgehead atoms. The molecule has 106 valence electrons. The van der Waals surface area contributed by atoms with E-state index in [1.807, 2.05) is 11.5 Å². The molecule has 20 heavy (non-hydrogen) atoms. The third-order valence-electron chi connectivity index (χ3n) is 3.69. The maximum absolute atomic E-state index is 11.6. The van der Waals surface area contributed by atoms with Crippen LogP contribution in [0.5, 0.6) is 0 Å². The van der Waals surface area contributed by atoms with Gasteiger partial charge in [-0.25, -0.2) is 18.2 Å². The zero-order valence-corrected chi connectivity index (χ0v) is 11.7. The van der Waals surface area contributed by atoms with Gasteiger partial charge in [-0.1, -0.05) is 0 Å². The van der Waals surface area contributed by atoms with Crippen molar-refractivity contribution in [2.45, 2.75) is 19.4 Å². The quantitative estimate of drug-likeness (QED) is 0.904. The van der Waals surface area contributed by atoms with Crippen molar-refractivity contribution in [2.24, 2.45) is 0 Å². The Morgan fingerprint density at radius 3 is 2.80 bits per heavy atom. The molecule has 1 aromatic carbocycles. The molecular formula is C13H14N2O4S. The normalized spacial score (nSPS) is 21.4. The highest BCUT2D eigenvalue weighted by Crippen LogP contribution is 2.29. The lowest BCUT2D eigenvalue weighted by molar-refractivity contribution is 0.0697. The third-order valence-corrected chi connectivity index (χ3v) is 5.44. The van der Waals surface area contributed by atoms with Crippen molar-refractivity contribution in [2.75, 3.05) is 11.5 Å². The summed E-state index contributed by atoms with van der Waals surface area (Å²) in [6, 6.07) is 4.63. The summed E-state index contributed by atoms with van der Waals surface area (Å²) >= 11 is 0. The number of carboxylic acid groups (broad SMARTS) is 1. The van der Waals surface area contributed by atoms with Crippen LogP contribution in [-0.4, -0.2) is 40.6 Å². The molecule has 2 heterocycles. The number of carbonyl (C=O) groups is 1. The molecule has 1 saturated heterocycles. The van der Waals surface area contributed by atoms with Crippen molar-refractivity contribution in [3.63, 3.8) is 0 Å². The van der Waals surface area contributed by atoms with Gasteiger partial charge in [-0.15, -0.1) is 0 Å². The van der Waals surface area contributed by atoms with Crippen molar-refractivity contribution in [1.82, 2.24) is 9.55 Å². The van der Waals surface area contributed by atoms with Crippen LogP contribution in [0.2, 0.25) is 0 Å². The molecular weight excluding hydrogens is 280 g/mol. The van der Waals surface area contributed by atoms with E-state index in [0.717, 1.165) is 5.52 Å². The first-order valence-corrected chi connectivity index (χ1v) is 8.12. The minimum absolute atomic E-state index is 0.110. The van der Waals surface area contributed by atoms with Crippen LogP contribution in [0.25, 0.3) is 11.0 Å². The summed E-state index contributed by atoms with van der Waals surface area (Å²) in [5.41, 5.74) is 1.56. The van der Waals surface area contributed by atoms with Crippen molar-refractivity contribution < 1.29 is 18.3 Å². The molecule has 0 amide bonds. The minimum Gasteiger partial charge on any atom is -0.478 e. The van der Waals surface area contributed by atoms with Gasteiger partial charge in [0.1, 0.15) is 5.82 Å².